The maximum atomic E-state index is 6.01. The number of anilines is 1. The van der Waals surface area contributed by atoms with Crippen LogP contribution in [0, 0.1) is 0 Å². The average Bonchev–Trinajstić information content (AvgIpc) is 3.14. The van der Waals surface area contributed by atoms with Gasteiger partial charge in [-0.3, -0.25) is 0 Å². The van der Waals surface area contributed by atoms with Crippen molar-refractivity contribution in [1.29, 1.82) is 0 Å². The highest BCUT2D eigenvalue weighted by molar-refractivity contribution is 6.29. The third kappa shape index (κ3) is 3.01. The van der Waals surface area contributed by atoms with Gasteiger partial charge in [-0.2, -0.15) is 0 Å². The number of aryl methyl sites for hydroxylation is 1. The molecule has 0 atom stereocenters. The fraction of sp³-hybridized carbons (Fsp3) is 0.500. The maximum absolute atomic E-state index is 6.01. The highest BCUT2D eigenvalue weighted by Crippen LogP contribution is 2.38. The summed E-state index contributed by atoms with van der Waals surface area (Å²) in [5.74, 6) is 3.07. The van der Waals surface area contributed by atoms with Crippen LogP contribution in [0.4, 0.5) is 5.82 Å². The van der Waals surface area contributed by atoms with Gasteiger partial charge in [0.05, 0.1) is 0 Å². The third-order valence-electron chi connectivity index (χ3n) is 3.11. The van der Waals surface area contributed by atoms with E-state index in [-0.39, 0.29) is 0 Å². The van der Waals surface area contributed by atoms with E-state index in [4.69, 9.17) is 11.6 Å². The molecule has 0 bridgehead atoms. The smallest absolute Gasteiger partial charge is 0.135 e. The molecule has 0 aliphatic heterocycles. The van der Waals surface area contributed by atoms with Crippen molar-refractivity contribution in [2.45, 2.75) is 25.2 Å². The van der Waals surface area contributed by atoms with Crippen LogP contribution < -0.4 is 5.32 Å². The Kier molecular flexibility index (Phi) is 3.33. The van der Waals surface area contributed by atoms with E-state index < -0.39 is 0 Å². The second-order valence-electron chi connectivity index (χ2n) is 4.74. The standard InChI is InChI=1S/C12H15ClN6/c1-19-7-15-18-11(19)4-5-14-10-6-9(13)16-12(17-10)8-2-3-8/h6-8H,2-5H2,1H3,(H,14,16,17). The lowest BCUT2D eigenvalue weighted by molar-refractivity contribution is 0.786. The molecule has 6 nitrogen and oxygen atoms in total. The number of aromatic nitrogens is 5. The van der Waals surface area contributed by atoms with Crippen LogP contribution in [0.3, 0.4) is 0 Å². The van der Waals surface area contributed by atoms with Gasteiger partial charge in [0.15, 0.2) is 0 Å². The van der Waals surface area contributed by atoms with Crippen molar-refractivity contribution < 1.29 is 0 Å². The van der Waals surface area contributed by atoms with Crippen molar-refractivity contribution >= 4 is 17.4 Å². The van der Waals surface area contributed by atoms with Crippen LogP contribution in [0.15, 0.2) is 12.4 Å². The molecule has 7 heteroatoms. The number of hydrogen-bond donors (Lipinski definition) is 1. The summed E-state index contributed by atoms with van der Waals surface area (Å²) in [5.41, 5.74) is 0. The Morgan fingerprint density at radius 3 is 2.95 bits per heavy atom. The first kappa shape index (κ1) is 12.3. The molecule has 0 amide bonds. The topological polar surface area (TPSA) is 68.5 Å². The molecule has 19 heavy (non-hydrogen) atoms. The molecule has 2 aromatic heterocycles. The summed E-state index contributed by atoms with van der Waals surface area (Å²) in [6, 6.07) is 1.75. The molecular weight excluding hydrogens is 264 g/mol. The van der Waals surface area contributed by atoms with Gasteiger partial charge >= 0.3 is 0 Å². The average molecular weight is 279 g/mol. The second-order valence-corrected chi connectivity index (χ2v) is 5.13. The summed E-state index contributed by atoms with van der Waals surface area (Å²) < 4.78 is 1.91. The Balaban J connectivity index is 1.62. The van der Waals surface area contributed by atoms with Gasteiger partial charge in [-0.1, -0.05) is 11.6 Å². The van der Waals surface area contributed by atoms with Crippen molar-refractivity contribution in [3.8, 4) is 0 Å². The Bertz CT molecular complexity index is 577. The molecular formula is C12H15ClN6. The summed E-state index contributed by atoms with van der Waals surface area (Å²) in [6.07, 6.45) is 4.82. The fourth-order valence-electron chi connectivity index (χ4n) is 1.89. The zero-order chi connectivity index (χ0) is 13.2. The monoisotopic (exact) mass is 278 g/mol. The lowest BCUT2D eigenvalue weighted by atomic mass is 10.3. The van der Waals surface area contributed by atoms with E-state index in [0.29, 0.717) is 11.1 Å². The molecule has 0 radical (unpaired) electrons. The summed E-state index contributed by atoms with van der Waals surface area (Å²) in [4.78, 5) is 8.74. The molecule has 3 rings (SSSR count). The number of rotatable bonds is 5. The zero-order valence-electron chi connectivity index (χ0n) is 10.7. The number of hydrogen-bond acceptors (Lipinski definition) is 5. The predicted molar refractivity (Wildman–Crippen MR) is 72.2 cm³/mol. The van der Waals surface area contributed by atoms with Crippen LogP contribution in [0.25, 0.3) is 0 Å². The van der Waals surface area contributed by atoms with Crippen LogP contribution in [-0.2, 0) is 13.5 Å². The van der Waals surface area contributed by atoms with Crippen molar-refractivity contribution in [3.05, 3.63) is 29.2 Å². The van der Waals surface area contributed by atoms with Crippen molar-refractivity contribution in [1.82, 2.24) is 24.7 Å². The Morgan fingerprint density at radius 2 is 2.26 bits per heavy atom. The summed E-state index contributed by atoms with van der Waals surface area (Å²) in [7, 11) is 1.93. The van der Waals surface area contributed by atoms with Gasteiger partial charge in [-0.15, -0.1) is 10.2 Å². The Labute approximate surface area is 116 Å². The van der Waals surface area contributed by atoms with Crippen LogP contribution in [0.1, 0.15) is 30.4 Å². The minimum absolute atomic E-state index is 0.498. The normalized spacial score (nSPS) is 14.6. The molecule has 1 aliphatic rings. The largest absolute Gasteiger partial charge is 0.369 e. The van der Waals surface area contributed by atoms with Gasteiger partial charge in [0.1, 0.15) is 28.9 Å². The van der Waals surface area contributed by atoms with E-state index in [1.165, 1.54) is 12.8 Å². The molecule has 2 aromatic rings. The molecule has 1 saturated carbocycles. The van der Waals surface area contributed by atoms with E-state index in [9.17, 15) is 0 Å². The van der Waals surface area contributed by atoms with Gasteiger partial charge in [0.2, 0.25) is 0 Å². The molecule has 1 N–H and O–H groups in total. The molecule has 0 saturated heterocycles. The SMILES string of the molecule is Cn1cnnc1CCNc1cc(Cl)nc(C2CC2)n1. The van der Waals surface area contributed by atoms with Crippen molar-refractivity contribution in [2.24, 2.45) is 7.05 Å². The van der Waals surface area contributed by atoms with Crippen LogP contribution >= 0.6 is 11.6 Å². The van der Waals surface area contributed by atoms with Crippen molar-refractivity contribution in [2.75, 3.05) is 11.9 Å². The molecule has 1 fully saturated rings. The van der Waals surface area contributed by atoms with E-state index in [1.807, 2.05) is 11.6 Å². The highest BCUT2D eigenvalue weighted by Gasteiger charge is 2.27. The molecule has 0 spiro atoms. The molecule has 0 unspecified atom stereocenters. The fourth-order valence-corrected chi connectivity index (χ4v) is 2.08. The van der Waals surface area contributed by atoms with E-state index >= 15 is 0 Å². The van der Waals surface area contributed by atoms with E-state index in [2.05, 4.69) is 25.5 Å². The lowest BCUT2D eigenvalue weighted by Gasteiger charge is -2.07. The summed E-state index contributed by atoms with van der Waals surface area (Å²) >= 11 is 6.01. The first-order valence-corrected chi connectivity index (χ1v) is 6.71. The van der Waals surface area contributed by atoms with Gasteiger partial charge in [0, 0.05) is 32.0 Å². The summed E-state index contributed by atoms with van der Waals surface area (Å²) in [6.45, 7) is 0.740. The van der Waals surface area contributed by atoms with Gasteiger partial charge in [-0.25, -0.2) is 9.97 Å². The van der Waals surface area contributed by atoms with Crippen LogP contribution in [-0.4, -0.2) is 31.3 Å². The molecule has 1 aliphatic carbocycles. The second kappa shape index (κ2) is 5.13. The molecule has 0 aromatic carbocycles. The highest BCUT2D eigenvalue weighted by atomic mass is 35.5. The Morgan fingerprint density at radius 1 is 1.42 bits per heavy atom. The quantitative estimate of drug-likeness (QED) is 0.845. The van der Waals surface area contributed by atoms with Crippen LogP contribution in [0.5, 0.6) is 0 Å². The lowest BCUT2D eigenvalue weighted by Crippen LogP contribution is -2.10. The van der Waals surface area contributed by atoms with E-state index in [0.717, 1.165) is 30.4 Å². The molecule has 2 heterocycles. The number of halogens is 1. The van der Waals surface area contributed by atoms with E-state index in [1.54, 1.807) is 12.4 Å². The van der Waals surface area contributed by atoms with Gasteiger partial charge in [-0.05, 0) is 12.8 Å². The predicted octanol–water partition coefficient (Wildman–Crippen LogP) is 1.79. The molecule has 100 valence electrons. The minimum Gasteiger partial charge on any atom is -0.369 e. The Hall–Kier alpha value is -1.69. The first-order valence-electron chi connectivity index (χ1n) is 6.33. The summed E-state index contributed by atoms with van der Waals surface area (Å²) in [5, 5.41) is 11.6. The zero-order valence-corrected chi connectivity index (χ0v) is 11.4. The van der Waals surface area contributed by atoms with Crippen LogP contribution in [0.2, 0.25) is 5.15 Å². The van der Waals surface area contributed by atoms with Gasteiger partial charge in [0.25, 0.3) is 0 Å². The minimum atomic E-state index is 0.498. The number of nitrogens with one attached hydrogen (secondary N) is 1. The van der Waals surface area contributed by atoms with Gasteiger partial charge < -0.3 is 9.88 Å². The maximum Gasteiger partial charge on any atom is 0.135 e. The van der Waals surface area contributed by atoms with Crippen molar-refractivity contribution in [3.63, 3.8) is 0 Å². The third-order valence-corrected chi connectivity index (χ3v) is 3.31. The number of nitrogens with zero attached hydrogens (tertiary/aromatic N) is 5. The first-order chi connectivity index (χ1) is 9.22.